The summed E-state index contributed by atoms with van der Waals surface area (Å²) in [6, 6.07) is 10.5. The number of nitrogens with zero attached hydrogens (tertiary/aromatic N) is 1. The molecule has 0 aliphatic carbocycles. The van der Waals surface area contributed by atoms with E-state index in [1.807, 2.05) is 12.1 Å². The molecule has 2 fully saturated rings. The van der Waals surface area contributed by atoms with Crippen LogP contribution in [0.25, 0.3) is 0 Å². The number of benzene rings is 2. The van der Waals surface area contributed by atoms with Gasteiger partial charge in [-0.2, -0.15) is 0 Å². The Bertz CT molecular complexity index is 1290. The number of amides is 4. The van der Waals surface area contributed by atoms with Crippen LogP contribution in [-0.2, 0) is 9.53 Å². The first-order chi connectivity index (χ1) is 19.7. The fourth-order valence-electron chi connectivity index (χ4n) is 5.61. The van der Waals surface area contributed by atoms with E-state index < -0.39 is 30.3 Å². The minimum Gasteiger partial charge on any atom is -0.493 e. The van der Waals surface area contributed by atoms with E-state index in [-0.39, 0.29) is 43.3 Å². The summed E-state index contributed by atoms with van der Waals surface area (Å²) in [5.41, 5.74) is 1.93. The molecular weight excluding hydrogens is 548 g/mol. The first-order valence-corrected chi connectivity index (χ1v) is 14.6. The fourth-order valence-corrected chi connectivity index (χ4v) is 5.80. The lowest BCUT2D eigenvalue weighted by Gasteiger charge is -2.34. The number of likely N-dealkylation sites (tertiary alicyclic amines) is 1. The number of carbonyl (C=O) groups excluding carboxylic acids is 3. The van der Waals surface area contributed by atoms with Gasteiger partial charge in [0.2, 0.25) is 5.91 Å². The van der Waals surface area contributed by atoms with E-state index >= 15 is 0 Å². The second kappa shape index (κ2) is 12.7. The van der Waals surface area contributed by atoms with Crippen LogP contribution in [0.5, 0.6) is 5.75 Å². The van der Waals surface area contributed by atoms with Crippen LogP contribution in [-0.4, -0.2) is 77.9 Å². The molecule has 5 rings (SSSR count). The molecule has 3 aliphatic heterocycles. The molecule has 2 saturated heterocycles. The summed E-state index contributed by atoms with van der Waals surface area (Å²) in [6.45, 7) is 4.72. The Morgan fingerprint density at radius 3 is 2.76 bits per heavy atom. The lowest BCUT2D eigenvalue weighted by Crippen LogP contribution is -2.51. The highest BCUT2D eigenvalue weighted by atomic mass is 35.5. The van der Waals surface area contributed by atoms with Gasteiger partial charge in [0.25, 0.3) is 5.91 Å². The van der Waals surface area contributed by atoms with Gasteiger partial charge >= 0.3 is 6.03 Å². The van der Waals surface area contributed by atoms with E-state index in [1.165, 1.54) is 4.90 Å². The summed E-state index contributed by atoms with van der Waals surface area (Å²) < 4.78 is 12.3. The van der Waals surface area contributed by atoms with Crippen molar-refractivity contribution in [3.63, 3.8) is 0 Å². The number of anilines is 1. The second-order valence-electron chi connectivity index (χ2n) is 11.2. The van der Waals surface area contributed by atoms with Crippen LogP contribution in [0.15, 0.2) is 42.5 Å². The van der Waals surface area contributed by atoms with E-state index in [4.69, 9.17) is 21.1 Å². The van der Waals surface area contributed by atoms with E-state index in [1.54, 1.807) is 30.3 Å². The van der Waals surface area contributed by atoms with Crippen LogP contribution in [0.2, 0.25) is 5.02 Å². The third-order valence-electron chi connectivity index (χ3n) is 7.95. The molecule has 0 unspecified atom stereocenters. The van der Waals surface area contributed by atoms with Crippen molar-refractivity contribution >= 4 is 35.1 Å². The predicted octanol–water partition coefficient (Wildman–Crippen LogP) is 3.68. The molecule has 5 atom stereocenters. The van der Waals surface area contributed by atoms with Crippen molar-refractivity contribution in [3.05, 3.63) is 58.6 Å². The molecule has 4 amide bonds. The maximum atomic E-state index is 13.5. The standard InChI is InChI=1S/C30H37ClN4O6/c1-17(2)18-6-8-23-26(12-18)40-11-10-22-7-9-25(36)27(41-22)15-32-29(38)24-14-21(33-28(23)37)16-35(24)30(39)34-20-5-3-4-19(31)13-20/h3-6,8,12-13,17,21-22,24-25,27,36H,7,9-11,14-16H2,1-2H3,(H,32,38)(H,33,37)(H,34,39)/t21-,22-,24-,25-,27+/m0/s1. The van der Waals surface area contributed by atoms with Crippen molar-refractivity contribution in [3.8, 4) is 5.75 Å². The van der Waals surface area contributed by atoms with E-state index in [9.17, 15) is 19.5 Å². The van der Waals surface area contributed by atoms with Crippen molar-refractivity contribution < 1.29 is 29.0 Å². The molecule has 10 nitrogen and oxygen atoms in total. The minimum atomic E-state index is -0.844. The number of carbonyl (C=O) groups is 3. The average molecular weight is 585 g/mol. The number of aliphatic hydroxyl groups excluding tert-OH is 1. The fraction of sp³-hybridized carbons (Fsp3) is 0.500. The normalized spacial score (nSPS) is 27.0. The van der Waals surface area contributed by atoms with Gasteiger partial charge in [-0.25, -0.2) is 4.79 Å². The monoisotopic (exact) mass is 584 g/mol. The van der Waals surface area contributed by atoms with E-state index in [2.05, 4.69) is 29.8 Å². The maximum absolute atomic E-state index is 13.5. The summed E-state index contributed by atoms with van der Waals surface area (Å²) in [5.74, 6) is 0.0204. The third-order valence-corrected chi connectivity index (χ3v) is 8.18. The first kappa shape index (κ1) is 29.2. The van der Waals surface area contributed by atoms with Crippen LogP contribution in [0.3, 0.4) is 0 Å². The van der Waals surface area contributed by atoms with Crippen LogP contribution in [0.1, 0.15) is 61.4 Å². The SMILES string of the molecule is CC(C)c1ccc2c(c1)OCC[C@@H]1CC[C@H](O)[C@@H](CNC(=O)[C@@H]3C[C@@H](CN3C(=O)Nc3cccc(Cl)c3)NC2=O)O1. The topological polar surface area (TPSA) is 129 Å². The molecule has 4 N–H and O–H groups in total. The maximum Gasteiger partial charge on any atom is 0.322 e. The number of hydrogen-bond donors (Lipinski definition) is 4. The number of aliphatic hydroxyl groups is 1. The van der Waals surface area contributed by atoms with Gasteiger partial charge in [0.05, 0.1) is 24.4 Å². The molecule has 0 radical (unpaired) electrons. The zero-order chi connectivity index (χ0) is 29.1. The number of halogens is 1. The van der Waals surface area contributed by atoms with E-state index in [0.717, 1.165) is 5.56 Å². The molecule has 3 heterocycles. The number of rotatable bonds is 2. The lowest BCUT2D eigenvalue weighted by atomic mass is 9.99. The molecule has 3 aliphatic rings. The minimum absolute atomic E-state index is 0.106. The quantitative estimate of drug-likeness (QED) is 0.426. The number of ether oxygens (including phenoxy) is 2. The highest BCUT2D eigenvalue weighted by Crippen LogP contribution is 2.28. The Kier molecular flexibility index (Phi) is 9.01. The Labute approximate surface area is 244 Å². The van der Waals surface area contributed by atoms with Crippen molar-refractivity contribution in [1.82, 2.24) is 15.5 Å². The second-order valence-corrected chi connectivity index (χ2v) is 11.7. The molecule has 0 aromatic heterocycles. The molecule has 2 aromatic carbocycles. The Morgan fingerprint density at radius 1 is 1.15 bits per heavy atom. The molecule has 4 bridgehead atoms. The summed E-state index contributed by atoms with van der Waals surface area (Å²) in [4.78, 5) is 41.7. The lowest BCUT2D eigenvalue weighted by molar-refractivity contribution is -0.133. The predicted molar refractivity (Wildman–Crippen MR) is 154 cm³/mol. The van der Waals surface area contributed by atoms with Gasteiger partial charge in [0, 0.05) is 36.3 Å². The molecule has 41 heavy (non-hydrogen) atoms. The molecule has 11 heteroatoms. The van der Waals surface area contributed by atoms with Crippen LogP contribution < -0.4 is 20.7 Å². The summed E-state index contributed by atoms with van der Waals surface area (Å²) >= 11 is 6.08. The number of nitrogens with one attached hydrogen (secondary N) is 3. The van der Waals surface area contributed by atoms with Crippen LogP contribution >= 0.6 is 11.6 Å². The van der Waals surface area contributed by atoms with Gasteiger partial charge in [-0.15, -0.1) is 0 Å². The van der Waals surface area contributed by atoms with Crippen molar-refractivity contribution in [2.24, 2.45) is 0 Å². The highest BCUT2D eigenvalue weighted by Gasteiger charge is 2.41. The van der Waals surface area contributed by atoms with Gasteiger partial charge in [-0.05, 0) is 61.1 Å². The molecule has 220 valence electrons. The molecule has 0 saturated carbocycles. The Morgan fingerprint density at radius 2 is 1.98 bits per heavy atom. The first-order valence-electron chi connectivity index (χ1n) is 14.2. The van der Waals surface area contributed by atoms with Crippen LogP contribution in [0, 0.1) is 0 Å². The molecular formula is C30H37ClN4O6. The zero-order valence-electron chi connectivity index (χ0n) is 23.3. The van der Waals surface area contributed by atoms with Gasteiger partial charge in [-0.3, -0.25) is 9.59 Å². The summed E-state index contributed by atoms with van der Waals surface area (Å²) in [6.07, 6.45) is 0.561. The highest BCUT2D eigenvalue weighted by molar-refractivity contribution is 6.30. The van der Waals surface area contributed by atoms with Gasteiger partial charge in [0.15, 0.2) is 0 Å². The number of fused-ring (bicyclic) bond motifs is 5. The summed E-state index contributed by atoms with van der Waals surface area (Å²) in [7, 11) is 0. The van der Waals surface area contributed by atoms with Crippen molar-refractivity contribution in [2.75, 3.05) is 25.0 Å². The summed E-state index contributed by atoms with van der Waals surface area (Å²) in [5, 5.41) is 19.7. The Hall–Kier alpha value is -3.34. The van der Waals surface area contributed by atoms with Gasteiger partial charge in [0.1, 0.15) is 17.9 Å². The number of hydrogen-bond acceptors (Lipinski definition) is 6. The number of urea groups is 1. The molecule has 0 spiro atoms. The Balaban J connectivity index is 1.42. The average Bonchev–Trinajstić information content (AvgIpc) is 3.36. The smallest absolute Gasteiger partial charge is 0.322 e. The third kappa shape index (κ3) is 6.94. The van der Waals surface area contributed by atoms with Crippen molar-refractivity contribution in [2.45, 2.75) is 75.8 Å². The van der Waals surface area contributed by atoms with E-state index in [0.29, 0.717) is 47.9 Å². The van der Waals surface area contributed by atoms with Crippen molar-refractivity contribution in [1.29, 1.82) is 0 Å². The molecule has 2 aromatic rings. The van der Waals surface area contributed by atoms with Crippen LogP contribution in [0.4, 0.5) is 10.5 Å². The largest absolute Gasteiger partial charge is 0.493 e. The zero-order valence-corrected chi connectivity index (χ0v) is 24.0. The van der Waals surface area contributed by atoms with Gasteiger partial charge in [-0.1, -0.05) is 37.6 Å². The van der Waals surface area contributed by atoms with Gasteiger partial charge < -0.3 is 35.4 Å².